The summed E-state index contributed by atoms with van der Waals surface area (Å²) in [6.45, 7) is 3.01. The van der Waals surface area contributed by atoms with E-state index >= 15 is 0 Å². The summed E-state index contributed by atoms with van der Waals surface area (Å²) in [6.07, 6.45) is 8.67. The third-order valence-corrected chi connectivity index (χ3v) is 4.11. The predicted octanol–water partition coefficient (Wildman–Crippen LogP) is 1.91. The van der Waals surface area contributed by atoms with E-state index in [1.807, 2.05) is 6.07 Å². The summed E-state index contributed by atoms with van der Waals surface area (Å²) in [6, 6.07) is 2.01. The SMILES string of the molecule is O=C1CCC[C@@]2(CCCN(Cc3ccoc3)C2)N1. The lowest BCUT2D eigenvalue weighted by molar-refractivity contribution is -0.126. The Balaban J connectivity index is 1.66. The maximum absolute atomic E-state index is 11.6. The van der Waals surface area contributed by atoms with Crippen molar-refractivity contribution >= 4 is 5.91 Å². The third kappa shape index (κ3) is 2.43. The van der Waals surface area contributed by atoms with Gasteiger partial charge in [0.1, 0.15) is 0 Å². The van der Waals surface area contributed by atoms with Crippen LogP contribution in [0.25, 0.3) is 0 Å². The van der Waals surface area contributed by atoms with E-state index in [1.54, 1.807) is 12.5 Å². The second kappa shape index (κ2) is 4.76. The van der Waals surface area contributed by atoms with Gasteiger partial charge in [0, 0.05) is 25.1 Å². The topological polar surface area (TPSA) is 45.5 Å². The molecule has 1 aromatic rings. The molecule has 0 bridgehead atoms. The van der Waals surface area contributed by atoms with E-state index in [0.29, 0.717) is 6.42 Å². The summed E-state index contributed by atoms with van der Waals surface area (Å²) in [5.74, 6) is 0.228. The number of piperidine rings is 2. The molecule has 1 amide bonds. The third-order valence-electron chi connectivity index (χ3n) is 4.11. The minimum Gasteiger partial charge on any atom is -0.472 e. The molecule has 1 spiro atoms. The molecule has 0 saturated carbocycles. The lowest BCUT2D eigenvalue weighted by Gasteiger charge is -2.45. The Morgan fingerprint density at radius 1 is 1.39 bits per heavy atom. The first kappa shape index (κ1) is 11.8. The summed E-state index contributed by atoms with van der Waals surface area (Å²) in [5.41, 5.74) is 1.26. The van der Waals surface area contributed by atoms with Gasteiger partial charge in [0.2, 0.25) is 5.91 Å². The number of furan rings is 1. The van der Waals surface area contributed by atoms with Crippen molar-refractivity contribution in [3.05, 3.63) is 24.2 Å². The van der Waals surface area contributed by atoms with Gasteiger partial charge in [-0.05, 0) is 38.3 Å². The quantitative estimate of drug-likeness (QED) is 0.869. The summed E-state index contributed by atoms with van der Waals surface area (Å²) in [7, 11) is 0. The van der Waals surface area contributed by atoms with Crippen molar-refractivity contribution in [3.8, 4) is 0 Å². The highest BCUT2D eigenvalue weighted by molar-refractivity contribution is 5.77. The molecule has 0 aliphatic carbocycles. The lowest BCUT2D eigenvalue weighted by Crippen LogP contribution is -2.60. The molecule has 0 unspecified atom stereocenters. The number of carbonyl (C=O) groups is 1. The molecule has 2 fully saturated rings. The standard InChI is InChI=1S/C14H20N2O2/c17-13-3-1-5-14(15-13)6-2-7-16(11-14)9-12-4-8-18-10-12/h4,8,10H,1-3,5-7,9,11H2,(H,15,17)/t14-/m0/s1. The van der Waals surface area contributed by atoms with E-state index in [-0.39, 0.29) is 11.4 Å². The first-order valence-electron chi connectivity index (χ1n) is 6.80. The van der Waals surface area contributed by atoms with Crippen LogP contribution < -0.4 is 5.32 Å². The van der Waals surface area contributed by atoms with Crippen LogP contribution in [0.4, 0.5) is 0 Å². The zero-order valence-corrected chi connectivity index (χ0v) is 10.7. The van der Waals surface area contributed by atoms with Gasteiger partial charge in [-0.2, -0.15) is 0 Å². The maximum atomic E-state index is 11.6. The number of likely N-dealkylation sites (tertiary alicyclic amines) is 1. The Morgan fingerprint density at radius 3 is 3.06 bits per heavy atom. The van der Waals surface area contributed by atoms with Gasteiger partial charge >= 0.3 is 0 Å². The van der Waals surface area contributed by atoms with Crippen molar-refractivity contribution < 1.29 is 9.21 Å². The summed E-state index contributed by atoms with van der Waals surface area (Å²) in [5, 5.41) is 3.24. The fourth-order valence-electron chi connectivity index (χ4n) is 3.32. The first-order valence-corrected chi connectivity index (χ1v) is 6.80. The van der Waals surface area contributed by atoms with Gasteiger partial charge < -0.3 is 9.73 Å². The Hall–Kier alpha value is -1.29. The van der Waals surface area contributed by atoms with Crippen LogP contribution in [-0.4, -0.2) is 29.4 Å². The molecule has 0 aromatic carbocycles. The Morgan fingerprint density at radius 2 is 2.28 bits per heavy atom. The number of hydrogen-bond acceptors (Lipinski definition) is 3. The molecular formula is C14H20N2O2. The highest BCUT2D eigenvalue weighted by Gasteiger charge is 2.38. The summed E-state index contributed by atoms with van der Waals surface area (Å²) >= 11 is 0. The lowest BCUT2D eigenvalue weighted by atomic mass is 9.81. The van der Waals surface area contributed by atoms with Crippen molar-refractivity contribution in [2.24, 2.45) is 0 Å². The number of rotatable bonds is 2. The second-order valence-electron chi connectivity index (χ2n) is 5.63. The Kier molecular flexibility index (Phi) is 3.12. The molecule has 3 heterocycles. The highest BCUT2D eigenvalue weighted by Crippen LogP contribution is 2.30. The van der Waals surface area contributed by atoms with Crippen molar-refractivity contribution in [2.45, 2.75) is 44.2 Å². The number of nitrogens with one attached hydrogen (secondary N) is 1. The summed E-state index contributed by atoms with van der Waals surface area (Å²) in [4.78, 5) is 14.0. The van der Waals surface area contributed by atoms with Crippen LogP contribution in [0.1, 0.15) is 37.7 Å². The molecule has 2 aliphatic heterocycles. The summed E-state index contributed by atoms with van der Waals surface area (Å²) < 4.78 is 5.11. The molecule has 4 nitrogen and oxygen atoms in total. The molecule has 3 rings (SSSR count). The normalized spacial score (nSPS) is 29.4. The molecule has 2 aliphatic rings. The van der Waals surface area contributed by atoms with E-state index in [0.717, 1.165) is 45.3 Å². The molecule has 2 saturated heterocycles. The fourth-order valence-corrected chi connectivity index (χ4v) is 3.32. The van der Waals surface area contributed by atoms with Gasteiger partial charge in [0.15, 0.2) is 0 Å². The monoisotopic (exact) mass is 248 g/mol. The molecule has 1 aromatic heterocycles. The Bertz CT molecular complexity index is 411. The average molecular weight is 248 g/mol. The van der Waals surface area contributed by atoms with Crippen LogP contribution in [-0.2, 0) is 11.3 Å². The molecular weight excluding hydrogens is 228 g/mol. The van der Waals surface area contributed by atoms with Gasteiger partial charge in [-0.25, -0.2) is 0 Å². The van der Waals surface area contributed by atoms with Gasteiger partial charge in [-0.15, -0.1) is 0 Å². The van der Waals surface area contributed by atoms with Crippen molar-refractivity contribution in [1.82, 2.24) is 10.2 Å². The predicted molar refractivity (Wildman–Crippen MR) is 67.9 cm³/mol. The van der Waals surface area contributed by atoms with Crippen LogP contribution in [0.3, 0.4) is 0 Å². The van der Waals surface area contributed by atoms with Crippen LogP contribution in [0.5, 0.6) is 0 Å². The van der Waals surface area contributed by atoms with Crippen LogP contribution >= 0.6 is 0 Å². The fraction of sp³-hybridized carbons (Fsp3) is 0.643. The minimum absolute atomic E-state index is 0.0390. The number of amides is 1. The van der Waals surface area contributed by atoms with Gasteiger partial charge in [-0.3, -0.25) is 9.69 Å². The smallest absolute Gasteiger partial charge is 0.220 e. The number of carbonyl (C=O) groups excluding carboxylic acids is 1. The van der Waals surface area contributed by atoms with E-state index in [1.165, 1.54) is 5.56 Å². The van der Waals surface area contributed by atoms with Gasteiger partial charge in [0.05, 0.1) is 18.1 Å². The minimum atomic E-state index is 0.0390. The average Bonchev–Trinajstić information content (AvgIpc) is 2.81. The molecule has 4 heteroatoms. The number of hydrogen-bond donors (Lipinski definition) is 1. The highest BCUT2D eigenvalue weighted by atomic mass is 16.3. The van der Waals surface area contributed by atoms with E-state index in [4.69, 9.17) is 4.42 Å². The molecule has 1 N–H and O–H groups in total. The van der Waals surface area contributed by atoms with Crippen molar-refractivity contribution in [1.29, 1.82) is 0 Å². The van der Waals surface area contributed by atoms with E-state index in [9.17, 15) is 4.79 Å². The van der Waals surface area contributed by atoms with Crippen molar-refractivity contribution in [3.63, 3.8) is 0 Å². The van der Waals surface area contributed by atoms with E-state index < -0.39 is 0 Å². The van der Waals surface area contributed by atoms with Crippen LogP contribution in [0, 0.1) is 0 Å². The van der Waals surface area contributed by atoms with Gasteiger partial charge in [0.25, 0.3) is 0 Å². The van der Waals surface area contributed by atoms with Crippen molar-refractivity contribution in [2.75, 3.05) is 13.1 Å². The molecule has 0 radical (unpaired) electrons. The van der Waals surface area contributed by atoms with E-state index in [2.05, 4.69) is 10.2 Å². The zero-order chi connectivity index (χ0) is 12.4. The largest absolute Gasteiger partial charge is 0.472 e. The molecule has 1 atom stereocenters. The van der Waals surface area contributed by atoms with Crippen LogP contribution in [0.15, 0.2) is 23.0 Å². The van der Waals surface area contributed by atoms with Crippen LogP contribution in [0.2, 0.25) is 0 Å². The maximum Gasteiger partial charge on any atom is 0.220 e. The Labute approximate surface area is 107 Å². The molecule has 18 heavy (non-hydrogen) atoms. The number of nitrogens with zero attached hydrogens (tertiary/aromatic N) is 1. The zero-order valence-electron chi connectivity index (χ0n) is 10.7. The molecule has 98 valence electrons. The van der Waals surface area contributed by atoms with Gasteiger partial charge in [-0.1, -0.05) is 0 Å². The second-order valence-corrected chi connectivity index (χ2v) is 5.63. The first-order chi connectivity index (χ1) is 8.76.